The van der Waals surface area contributed by atoms with Crippen molar-refractivity contribution in [1.29, 1.82) is 0 Å². The lowest BCUT2D eigenvalue weighted by Crippen LogP contribution is -2.48. The van der Waals surface area contributed by atoms with Crippen molar-refractivity contribution in [3.8, 4) is 11.5 Å². The van der Waals surface area contributed by atoms with E-state index >= 15 is 0 Å². The molecular formula is C19H17ClN2O3S. The summed E-state index contributed by atoms with van der Waals surface area (Å²) >= 11 is 7.64. The topological polar surface area (TPSA) is 58.6 Å². The number of carbonyl (C=O) groups excluding carboxylic acids is 2. The van der Waals surface area contributed by atoms with Gasteiger partial charge in [0.2, 0.25) is 5.91 Å². The van der Waals surface area contributed by atoms with E-state index in [1.165, 1.54) is 0 Å². The molecule has 2 heterocycles. The van der Waals surface area contributed by atoms with Gasteiger partial charge >= 0.3 is 0 Å². The van der Waals surface area contributed by atoms with Crippen molar-refractivity contribution in [3.63, 3.8) is 0 Å². The van der Waals surface area contributed by atoms with Crippen LogP contribution in [0.5, 0.6) is 11.5 Å². The Kier molecular flexibility index (Phi) is 4.54. The smallest absolute Gasteiger partial charge is 0.260 e. The highest BCUT2D eigenvalue weighted by Crippen LogP contribution is 2.45. The monoisotopic (exact) mass is 388 g/mol. The third-order valence-electron chi connectivity index (χ3n) is 4.60. The number of hydrogen-bond donors (Lipinski definition) is 1. The fraction of sp³-hybridized carbons (Fsp3) is 0.263. The number of ether oxygens (including phenoxy) is 1. The Balaban J connectivity index is 1.45. The number of hydrogen-bond acceptors (Lipinski definition) is 4. The highest BCUT2D eigenvalue weighted by atomic mass is 35.5. The fourth-order valence-corrected chi connectivity index (χ4v) is 4.86. The summed E-state index contributed by atoms with van der Waals surface area (Å²) in [6.07, 6.45) is 1.00. The van der Waals surface area contributed by atoms with Crippen LogP contribution >= 0.6 is 23.4 Å². The summed E-state index contributed by atoms with van der Waals surface area (Å²) in [5, 5.41) is 3.47. The van der Waals surface area contributed by atoms with Gasteiger partial charge in [0.15, 0.2) is 4.87 Å². The molecule has 2 amide bonds. The third kappa shape index (κ3) is 3.04. The summed E-state index contributed by atoms with van der Waals surface area (Å²) in [5.41, 5.74) is 0.669. The molecule has 2 aromatic carbocycles. The molecule has 2 aliphatic heterocycles. The van der Waals surface area contributed by atoms with Crippen LogP contribution in [0.2, 0.25) is 5.02 Å². The fourth-order valence-electron chi connectivity index (χ4n) is 3.30. The first kappa shape index (κ1) is 17.2. The SMILES string of the molecule is O=C1CC[C@@]2(C(=O)Nc3ccc(Oc4ccccc4Cl)cc3)SCCN12. The van der Waals surface area contributed by atoms with E-state index in [0.717, 1.165) is 5.75 Å². The zero-order valence-corrected chi connectivity index (χ0v) is 15.5. The van der Waals surface area contributed by atoms with Crippen LogP contribution < -0.4 is 10.1 Å². The van der Waals surface area contributed by atoms with E-state index in [1.807, 2.05) is 12.1 Å². The van der Waals surface area contributed by atoms with Crippen LogP contribution in [0, 0.1) is 0 Å². The van der Waals surface area contributed by atoms with Gasteiger partial charge in [-0.15, -0.1) is 11.8 Å². The number of nitrogens with zero attached hydrogens (tertiary/aromatic N) is 1. The first-order valence-corrected chi connectivity index (χ1v) is 9.73. The molecular weight excluding hydrogens is 372 g/mol. The summed E-state index contributed by atoms with van der Waals surface area (Å²) in [6, 6.07) is 14.3. The quantitative estimate of drug-likeness (QED) is 0.855. The van der Waals surface area contributed by atoms with Gasteiger partial charge in [-0.1, -0.05) is 23.7 Å². The van der Waals surface area contributed by atoms with Crippen LogP contribution in [-0.4, -0.2) is 33.9 Å². The highest BCUT2D eigenvalue weighted by Gasteiger charge is 2.54. The van der Waals surface area contributed by atoms with Crippen molar-refractivity contribution in [2.75, 3.05) is 17.6 Å². The normalized spacial score (nSPS) is 21.6. The maximum atomic E-state index is 12.8. The molecule has 2 fully saturated rings. The summed E-state index contributed by atoms with van der Waals surface area (Å²) < 4.78 is 5.75. The lowest BCUT2D eigenvalue weighted by atomic mass is 10.2. The van der Waals surface area contributed by atoms with Crippen molar-refractivity contribution in [1.82, 2.24) is 4.90 Å². The van der Waals surface area contributed by atoms with Crippen molar-refractivity contribution in [2.45, 2.75) is 17.7 Å². The second-order valence-corrected chi connectivity index (χ2v) is 7.97. The Morgan fingerprint density at radius 1 is 1.19 bits per heavy atom. The molecule has 26 heavy (non-hydrogen) atoms. The molecule has 4 rings (SSSR count). The molecule has 0 spiro atoms. The van der Waals surface area contributed by atoms with Gasteiger partial charge in [0, 0.05) is 24.4 Å². The number of anilines is 1. The molecule has 1 N–H and O–H groups in total. The maximum absolute atomic E-state index is 12.8. The lowest BCUT2D eigenvalue weighted by Gasteiger charge is -2.29. The van der Waals surface area contributed by atoms with Crippen LogP contribution in [-0.2, 0) is 9.59 Å². The second kappa shape index (κ2) is 6.85. The zero-order chi connectivity index (χ0) is 18.1. The molecule has 0 saturated carbocycles. The maximum Gasteiger partial charge on any atom is 0.260 e. The average Bonchev–Trinajstić information content (AvgIpc) is 3.21. The molecule has 7 heteroatoms. The van der Waals surface area contributed by atoms with Gasteiger partial charge < -0.3 is 15.0 Å². The zero-order valence-electron chi connectivity index (χ0n) is 13.9. The average molecular weight is 389 g/mol. The molecule has 2 aliphatic rings. The minimum absolute atomic E-state index is 0.0636. The first-order chi connectivity index (χ1) is 12.6. The van der Waals surface area contributed by atoms with Gasteiger partial charge in [0.05, 0.1) is 5.02 Å². The summed E-state index contributed by atoms with van der Waals surface area (Å²) in [6.45, 7) is 0.640. The number of thioether (sulfide) groups is 1. The van der Waals surface area contributed by atoms with Gasteiger partial charge in [-0.2, -0.15) is 0 Å². The van der Waals surface area contributed by atoms with Crippen LogP contribution in [0.4, 0.5) is 5.69 Å². The molecule has 2 saturated heterocycles. The lowest BCUT2D eigenvalue weighted by molar-refractivity contribution is -0.133. The van der Waals surface area contributed by atoms with Crippen molar-refractivity contribution < 1.29 is 14.3 Å². The molecule has 0 bridgehead atoms. The minimum atomic E-state index is -0.746. The molecule has 0 radical (unpaired) electrons. The molecule has 134 valence electrons. The highest BCUT2D eigenvalue weighted by molar-refractivity contribution is 8.01. The standard InChI is InChI=1S/C19H17ClN2O3S/c20-15-3-1-2-4-16(15)25-14-7-5-13(6-8-14)21-18(24)19-10-9-17(23)22(19)11-12-26-19/h1-8H,9-12H2,(H,21,24)/t19-/m0/s1. The Morgan fingerprint density at radius 3 is 2.73 bits per heavy atom. The predicted octanol–water partition coefficient (Wildman–Crippen LogP) is 4.14. The van der Waals surface area contributed by atoms with E-state index in [1.54, 1.807) is 53.1 Å². The molecule has 0 aliphatic carbocycles. The van der Waals surface area contributed by atoms with Gasteiger partial charge in [-0.25, -0.2) is 0 Å². The van der Waals surface area contributed by atoms with E-state index in [0.29, 0.717) is 41.6 Å². The summed E-state index contributed by atoms with van der Waals surface area (Å²) in [7, 11) is 0. The van der Waals surface area contributed by atoms with Crippen molar-refractivity contribution in [3.05, 3.63) is 53.6 Å². The largest absolute Gasteiger partial charge is 0.456 e. The van der Waals surface area contributed by atoms with Crippen LogP contribution in [0.1, 0.15) is 12.8 Å². The number of amides is 2. The third-order valence-corrected chi connectivity index (χ3v) is 6.39. The Bertz CT molecular complexity index is 858. The van der Waals surface area contributed by atoms with E-state index in [9.17, 15) is 9.59 Å². The van der Waals surface area contributed by atoms with Gasteiger partial charge in [0.1, 0.15) is 11.5 Å². The number of rotatable bonds is 4. The van der Waals surface area contributed by atoms with E-state index in [4.69, 9.17) is 16.3 Å². The summed E-state index contributed by atoms with van der Waals surface area (Å²) in [4.78, 5) is 25.7. The van der Waals surface area contributed by atoms with Gasteiger partial charge in [-0.05, 0) is 42.8 Å². The van der Waals surface area contributed by atoms with Crippen LogP contribution in [0.25, 0.3) is 0 Å². The number of nitrogens with one attached hydrogen (secondary N) is 1. The number of para-hydroxylation sites is 1. The minimum Gasteiger partial charge on any atom is -0.456 e. The van der Waals surface area contributed by atoms with E-state index < -0.39 is 4.87 Å². The Labute approximate surface area is 160 Å². The number of fused-ring (bicyclic) bond motifs is 1. The Morgan fingerprint density at radius 2 is 1.96 bits per heavy atom. The molecule has 1 atom stereocenters. The molecule has 5 nitrogen and oxygen atoms in total. The van der Waals surface area contributed by atoms with Crippen molar-refractivity contribution in [2.24, 2.45) is 0 Å². The number of benzene rings is 2. The molecule has 0 aromatic heterocycles. The van der Waals surface area contributed by atoms with Crippen LogP contribution in [0.3, 0.4) is 0 Å². The predicted molar refractivity (Wildman–Crippen MR) is 103 cm³/mol. The van der Waals surface area contributed by atoms with Gasteiger partial charge in [0.25, 0.3) is 5.91 Å². The molecule has 0 unspecified atom stereocenters. The van der Waals surface area contributed by atoms with Gasteiger partial charge in [-0.3, -0.25) is 9.59 Å². The first-order valence-electron chi connectivity index (χ1n) is 8.37. The Hall–Kier alpha value is -2.18. The van der Waals surface area contributed by atoms with E-state index in [2.05, 4.69) is 5.32 Å². The number of halogens is 1. The van der Waals surface area contributed by atoms with Crippen molar-refractivity contribution >= 4 is 40.9 Å². The summed E-state index contributed by atoms with van der Waals surface area (Å²) in [5.74, 6) is 1.93. The van der Waals surface area contributed by atoms with Crippen LogP contribution in [0.15, 0.2) is 48.5 Å². The molecule has 2 aromatic rings. The number of carbonyl (C=O) groups is 2. The van der Waals surface area contributed by atoms with E-state index in [-0.39, 0.29) is 11.8 Å². The second-order valence-electron chi connectivity index (χ2n) is 6.19.